The summed E-state index contributed by atoms with van der Waals surface area (Å²) in [6.07, 6.45) is -2.74. The summed E-state index contributed by atoms with van der Waals surface area (Å²) in [6, 6.07) is 5.75. The molecule has 3 fully saturated rings. The van der Waals surface area contributed by atoms with Gasteiger partial charge < -0.3 is 40.0 Å². The first kappa shape index (κ1) is 26.0. The topological polar surface area (TPSA) is 121 Å². The first-order chi connectivity index (χ1) is 16.0. The summed E-state index contributed by atoms with van der Waals surface area (Å²) >= 11 is 0. The molecule has 192 valence electrons. The van der Waals surface area contributed by atoms with Gasteiger partial charge in [-0.3, -0.25) is 0 Å². The van der Waals surface area contributed by atoms with Gasteiger partial charge in [-0.25, -0.2) is 0 Å². The average Bonchev–Trinajstić information content (AvgIpc) is 2.76. The highest BCUT2D eigenvalue weighted by Gasteiger charge is 2.68. The number of rotatable bonds is 6. The third-order valence-corrected chi connectivity index (χ3v) is 8.16. The van der Waals surface area contributed by atoms with Crippen LogP contribution in [0.5, 0.6) is 0 Å². The zero-order valence-electron chi connectivity index (χ0n) is 20.9. The van der Waals surface area contributed by atoms with Gasteiger partial charge in [0, 0.05) is 12.3 Å². The molecule has 1 aliphatic carbocycles. The van der Waals surface area contributed by atoms with E-state index in [2.05, 4.69) is 37.4 Å². The van der Waals surface area contributed by atoms with Gasteiger partial charge in [0.25, 0.3) is 0 Å². The fraction of sp³-hybridized carbons (Fsp3) is 0.769. The second kappa shape index (κ2) is 9.75. The van der Waals surface area contributed by atoms with E-state index in [0.717, 1.165) is 6.42 Å². The Morgan fingerprint density at radius 2 is 1.82 bits per heavy atom. The zero-order chi connectivity index (χ0) is 24.8. The fourth-order valence-electron chi connectivity index (χ4n) is 6.23. The molecule has 34 heavy (non-hydrogen) atoms. The van der Waals surface area contributed by atoms with Gasteiger partial charge in [-0.05, 0) is 64.6 Å². The highest BCUT2D eigenvalue weighted by Crippen LogP contribution is 2.49. The van der Waals surface area contributed by atoms with Crippen molar-refractivity contribution in [1.82, 2.24) is 5.32 Å². The molecule has 0 aromatic heterocycles. The molecule has 5 N–H and O–H groups in total. The van der Waals surface area contributed by atoms with Crippen molar-refractivity contribution in [1.29, 1.82) is 0 Å². The minimum absolute atomic E-state index is 0.181. The predicted octanol–water partition coefficient (Wildman–Crippen LogP) is 1.31. The van der Waals surface area contributed by atoms with Gasteiger partial charge in [0.15, 0.2) is 0 Å². The lowest BCUT2D eigenvalue weighted by atomic mass is 9.73. The van der Waals surface area contributed by atoms with Crippen molar-refractivity contribution >= 4 is 0 Å². The summed E-state index contributed by atoms with van der Waals surface area (Å²) in [4.78, 5) is 0. The van der Waals surface area contributed by atoms with E-state index in [9.17, 15) is 20.4 Å². The summed E-state index contributed by atoms with van der Waals surface area (Å²) in [5, 5.41) is 48.4. The second-order valence-corrected chi connectivity index (χ2v) is 10.5. The molecule has 8 nitrogen and oxygen atoms in total. The largest absolute Gasteiger partial charge is 0.391 e. The van der Waals surface area contributed by atoms with Crippen molar-refractivity contribution in [3.05, 3.63) is 34.9 Å². The molecule has 3 aliphatic rings. The van der Waals surface area contributed by atoms with Crippen molar-refractivity contribution in [2.75, 3.05) is 7.05 Å². The van der Waals surface area contributed by atoms with Crippen LogP contribution >= 0.6 is 0 Å². The Hall–Kier alpha value is -1.10. The van der Waals surface area contributed by atoms with Crippen LogP contribution in [0.2, 0.25) is 0 Å². The maximum Gasteiger partial charge on any atom is 0.248 e. The highest BCUT2D eigenvalue weighted by atomic mass is 16.8. The van der Waals surface area contributed by atoms with E-state index in [4.69, 9.17) is 14.2 Å². The molecule has 8 heteroatoms. The normalized spacial score (nSPS) is 44.4. The Labute approximate surface area is 202 Å². The van der Waals surface area contributed by atoms with Crippen LogP contribution < -0.4 is 5.32 Å². The third-order valence-electron chi connectivity index (χ3n) is 8.16. The van der Waals surface area contributed by atoms with E-state index < -0.39 is 54.1 Å². The lowest BCUT2D eigenvalue weighted by molar-refractivity contribution is -0.485. The van der Waals surface area contributed by atoms with Gasteiger partial charge in [-0.15, -0.1) is 0 Å². The maximum absolute atomic E-state index is 11.8. The Balaban J connectivity index is 1.57. The molecule has 0 radical (unpaired) electrons. The molecule has 2 heterocycles. The lowest BCUT2D eigenvalue weighted by Crippen LogP contribution is -2.78. The Kier molecular flexibility index (Phi) is 7.45. The van der Waals surface area contributed by atoms with Crippen molar-refractivity contribution in [2.24, 2.45) is 5.92 Å². The van der Waals surface area contributed by atoms with Crippen LogP contribution in [0.15, 0.2) is 18.2 Å². The van der Waals surface area contributed by atoms with Gasteiger partial charge >= 0.3 is 0 Å². The number of likely N-dealkylation sites (N-methyl/N-ethyl adjacent to an activating group) is 1. The zero-order valence-corrected chi connectivity index (χ0v) is 20.9. The van der Waals surface area contributed by atoms with Crippen LogP contribution in [0.4, 0.5) is 0 Å². The second-order valence-electron chi connectivity index (χ2n) is 10.5. The Morgan fingerprint density at radius 1 is 1.09 bits per heavy atom. The summed E-state index contributed by atoms with van der Waals surface area (Å²) in [6.45, 7) is 7.87. The van der Waals surface area contributed by atoms with E-state index >= 15 is 0 Å². The number of nitrogens with one attached hydrogen (secondary N) is 1. The SMILES string of the molecule is CC[C@@H]1[C@H](O)[C@H](NC)[C@H]2O[C@]3(O)[C@H](O[C@@H]2[C@H]1O)O[C@H](C)C[C@@]3(O)CCCc1ccc(C)cc1C. The van der Waals surface area contributed by atoms with Crippen molar-refractivity contribution in [3.63, 3.8) is 0 Å². The summed E-state index contributed by atoms with van der Waals surface area (Å²) in [7, 11) is 1.70. The molecule has 0 unspecified atom stereocenters. The molecular formula is C26H41NO7. The minimum Gasteiger partial charge on any atom is -0.391 e. The van der Waals surface area contributed by atoms with E-state index in [1.54, 1.807) is 7.05 Å². The molecule has 1 aromatic rings. The number of hydrogen-bond acceptors (Lipinski definition) is 8. The number of aliphatic hydroxyl groups excluding tert-OH is 2. The number of fused-ring (bicyclic) bond motifs is 2. The summed E-state index contributed by atoms with van der Waals surface area (Å²) < 4.78 is 18.2. The number of aliphatic hydroxyl groups is 4. The fourth-order valence-corrected chi connectivity index (χ4v) is 6.23. The van der Waals surface area contributed by atoms with E-state index in [0.29, 0.717) is 12.8 Å². The van der Waals surface area contributed by atoms with Crippen molar-refractivity contribution < 1.29 is 34.6 Å². The number of hydrogen-bond donors (Lipinski definition) is 5. The average molecular weight is 480 g/mol. The van der Waals surface area contributed by atoms with Gasteiger partial charge in [0.2, 0.25) is 12.1 Å². The molecule has 0 bridgehead atoms. The Morgan fingerprint density at radius 3 is 2.47 bits per heavy atom. The maximum atomic E-state index is 11.8. The predicted molar refractivity (Wildman–Crippen MR) is 126 cm³/mol. The highest BCUT2D eigenvalue weighted by molar-refractivity contribution is 5.30. The van der Waals surface area contributed by atoms with Crippen LogP contribution in [0.25, 0.3) is 0 Å². The molecule has 10 atom stereocenters. The first-order valence-corrected chi connectivity index (χ1v) is 12.6. The van der Waals surface area contributed by atoms with Crippen molar-refractivity contribution in [2.45, 2.75) is 114 Å². The minimum atomic E-state index is -2.13. The van der Waals surface area contributed by atoms with Gasteiger partial charge in [0.1, 0.15) is 17.8 Å². The van der Waals surface area contributed by atoms with E-state index in [1.807, 2.05) is 13.8 Å². The van der Waals surface area contributed by atoms with E-state index in [-0.39, 0.29) is 18.9 Å². The smallest absolute Gasteiger partial charge is 0.248 e. The first-order valence-electron chi connectivity index (χ1n) is 12.6. The lowest BCUT2D eigenvalue weighted by Gasteiger charge is -2.60. The van der Waals surface area contributed by atoms with Gasteiger partial charge in [-0.2, -0.15) is 0 Å². The van der Waals surface area contributed by atoms with Gasteiger partial charge in [0.05, 0.1) is 24.4 Å². The van der Waals surface area contributed by atoms with Crippen molar-refractivity contribution in [3.8, 4) is 0 Å². The summed E-state index contributed by atoms with van der Waals surface area (Å²) in [5.74, 6) is -2.54. The van der Waals surface area contributed by atoms with Crippen LogP contribution in [0.3, 0.4) is 0 Å². The summed E-state index contributed by atoms with van der Waals surface area (Å²) in [5.41, 5.74) is 2.00. The Bertz CT molecular complexity index is 868. The van der Waals surface area contributed by atoms with Crippen LogP contribution in [0, 0.1) is 19.8 Å². The van der Waals surface area contributed by atoms with Crippen LogP contribution in [-0.4, -0.2) is 81.7 Å². The molecule has 2 saturated heterocycles. The molecular weight excluding hydrogens is 438 g/mol. The monoisotopic (exact) mass is 479 g/mol. The molecule has 0 spiro atoms. The van der Waals surface area contributed by atoms with Gasteiger partial charge in [-0.1, -0.05) is 30.7 Å². The van der Waals surface area contributed by atoms with Crippen LogP contribution in [0.1, 0.15) is 56.2 Å². The number of benzene rings is 1. The number of aryl methyl sites for hydroxylation is 3. The third kappa shape index (κ3) is 4.33. The molecule has 0 amide bonds. The molecule has 4 rings (SSSR count). The number of ether oxygens (including phenoxy) is 3. The molecule has 1 saturated carbocycles. The molecule has 2 aliphatic heterocycles. The standard InChI is InChI=1S/C26H41NO7/c1-6-18-20(28)19(27-5)22-23(21(18)29)33-24-26(31,34-22)25(30,13-16(4)32-24)11-7-8-17-10-9-14(2)12-15(17)3/h9-10,12,16,18-24,27-31H,6-8,11,13H2,1-5H3/t16-,18-,19+,20+,21+,22-,23-,24+,25+,26-/m1/s1. The molecule has 1 aromatic carbocycles. The quantitative estimate of drug-likeness (QED) is 0.414. The van der Waals surface area contributed by atoms with Crippen LogP contribution in [-0.2, 0) is 20.6 Å². The van der Waals surface area contributed by atoms with E-state index in [1.165, 1.54) is 16.7 Å².